The first-order valence-corrected chi connectivity index (χ1v) is 8.97. The zero-order valence-electron chi connectivity index (χ0n) is 15.0. The Hall–Kier alpha value is -2.24. The highest BCUT2D eigenvalue weighted by atomic mass is 35.5. The van der Waals surface area contributed by atoms with Crippen LogP contribution < -0.4 is 14.8 Å². The molecule has 1 saturated heterocycles. The van der Waals surface area contributed by atoms with Crippen molar-refractivity contribution in [3.05, 3.63) is 58.6 Å². The molecule has 0 saturated carbocycles. The van der Waals surface area contributed by atoms with E-state index < -0.39 is 0 Å². The third kappa shape index (κ3) is 3.94. The molecule has 1 aliphatic heterocycles. The molecule has 1 N–H and O–H groups in total. The maximum Gasteiger partial charge on any atom is 0.227 e. The molecule has 1 heterocycles. The van der Waals surface area contributed by atoms with Crippen LogP contribution in [-0.2, 0) is 11.2 Å². The Morgan fingerprint density at radius 1 is 1.19 bits per heavy atom. The fraction of sp³-hybridized carbons (Fsp3) is 0.350. The van der Waals surface area contributed by atoms with Crippen molar-refractivity contribution in [3.8, 4) is 11.5 Å². The number of rotatable bonds is 5. The molecule has 5 nitrogen and oxygen atoms in total. The SMILES string of the molecule is COc1ccc(Cl)cc1CC(=O)N1CCNCC1c1ccccc1OC. The molecule has 0 aliphatic carbocycles. The number of carbonyl (C=O) groups excluding carboxylic acids is 1. The molecule has 0 spiro atoms. The molecule has 3 rings (SSSR count). The van der Waals surface area contributed by atoms with Crippen LogP contribution in [0.25, 0.3) is 0 Å². The second kappa shape index (κ2) is 8.43. The van der Waals surface area contributed by atoms with E-state index in [4.69, 9.17) is 21.1 Å². The molecule has 1 fully saturated rings. The smallest absolute Gasteiger partial charge is 0.227 e. The Morgan fingerprint density at radius 2 is 1.96 bits per heavy atom. The van der Waals surface area contributed by atoms with Gasteiger partial charge in [0.1, 0.15) is 11.5 Å². The number of carbonyl (C=O) groups is 1. The summed E-state index contributed by atoms with van der Waals surface area (Å²) in [6, 6.07) is 13.1. The molecule has 1 aliphatic rings. The van der Waals surface area contributed by atoms with Gasteiger partial charge in [0, 0.05) is 35.8 Å². The minimum atomic E-state index is -0.0717. The number of hydrogen-bond acceptors (Lipinski definition) is 4. The van der Waals surface area contributed by atoms with Gasteiger partial charge in [-0.1, -0.05) is 29.8 Å². The molecule has 2 aromatic carbocycles. The summed E-state index contributed by atoms with van der Waals surface area (Å²) in [4.78, 5) is 15.0. The van der Waals surface area contributed by atoms with Gasteiger partial charge in [0.25, 0.3) is 0 Å². The first kappa shape index (κ1) is 18.5. The maximum absolute atomic E-state index is 13.1. The standard InChI is InChI=1S/C20H23ClN2O3/c1-25-18-8-7-15(21)11-14(18)12-20(24)23-10-9-22-13-17(23)16-5-3-4-6-19(16)26-2/h3-8,11,17,22H,9-10,12-13H2,1-2H3. The van der Waals surface area contributed by atoms with Crippen LogP contribution in [0.1, 0.15) is 17.2 Å². The van der Waals surface area contributed by atoms with Gasteiger partial charge in [-0.25, -0.2) is 0 Å². The normalized spacial score (nSPS) is 17.0. The molecule has 0 bridgehead atoms. The van der Waals surface area contributed by atoms with Gasteiger partial charge in [0.2, 0.25) is 5.91 Å². The van der Waals surface area contributed by atoms with Gasteiger partial charge < -0.3 is 19.7 Å². The van der Waals surface area contributed by atoms with Gasteiger partial charge in [0.15, 0.2) is 0 Å². The lowest BCUT2D eigenvalue weighted by molar-refractivity contribution is -0.133. The predicted octanol–water partition coefficient (Wildman–Crippen LogP) is 3.07. The van der Waals surface area contributed by atoms with E-state index in [-0.39, 0.29) is 18.4 Å². The van der Waals surface area contributed by atoms with E-state index in [0.717, 1.165) is 23.4 Å². The highest BCUT2D eigenvalue weighted by Crippen LogP contribution is 2.31. The molecular weight excluding hydrogens is 352 g/mol. The summed E-state index contributed by atoms with van der Waals surface area (Å²) in [7, 11) is 3.25. The van der Waals surface area contributed by atoms with E-state index in [0.29, 0.717) is 23.9 Å². The second-order valence-corrected chi connectivity index (χ2v) is 6.62. The van der Waals surface area contributed by atoms with Gasteiger partial charge in [-0.2, -0.15) is 0 Å². The van der Waals surface area contributed by atoms with Gasteiger partial charge in [-0.15, -0.1) is 0 Å². The van der Waals surface area contributed by atoms with E-state index >= 15 is 0 Å². The quantitative estimate of drug-likeness (QED) is 0.873. The third-order valence-corrected chi connectivity index (χ3v) is 4.88. The fourth-order valence-electron chi connectivity index (χ4n) is 3.37. The molecule has 0 radical (unpaired) electrons. The van der Waals surface area contributed by atoms with Gasteiger partial charge in [0.05, 0.1) is 26.7 Å². The number of methoxy groups -OCH3 is 2. The highest BCUT2D eigenvalue weighted by Gasteiger charge is 2.30. The van der Waals surface area contributed by atoms with Gasteiger partial charge in [-0.05, 0) is 24.3 Å². The van der Waals surface area contributed by atoms with Gasteiger partial charge in [-0.3, -0.25) is 4.79 Å². The molecule has 6 heteroatoms. The average Bonchev–Trinajstić information content (AvgIpc) is 2.68. The summed E-state index contributed by atoms with van der Waals surface area (Å²) < 4.78 is 10.9. The van der Waals surface area contributed by atoms with Crippen LogP contribution in [0.3, 0.4) is 0 Å². The number of amides is 1. The number of halogens is 1. The van der Waals surface area contributed by atoms with Crippen LogP contribution >= 0.6 is 11.6 Å². The lowest BCUT2D eigenvalue weighted by Crippen LogP contribution is -2.49. The topological polar surface area (TPSA) is 50.8 Å². The Kier molecular flexibility index (Phi) is 6.01. The largest absolute Gasteiger partial charge is 0.496 e. The van der Waals surface area contributed by atoms with Crippen LogP contribution in [0.5, 0.6) is 11.5 Å². The predicted molar refractivity (Wildman–Crippen MR) is 102 cm³/mol. The Bertz CT molecular complexity index is 781. The molecular formula is C20H23ClN2O3. The number of piperazine rings is 1. The molecule has 1 atom stereocenters. The highest BCUT2D eigenvalue weighted by molar-refractivity contribution is 6.30. The van der Waals surface area contributed by atoms with E-state index in [2.05, 4.69) is 5.32 Å². The fourth-order valence-corrected chi connectivity index (χ4v) is 3.57. The summed E-state index contributed by atoms with van der Waals surface area (Å²) in [5.74, 6) is 1.51. The lowest BCUT2D eigenvalue weighted by atomic mass is 10.0. The summed E-state index contributed by atoms with van der Waals surface area (Å²) in [6.07, 6.45) is 0.245. The summed E-state index contributed by atoms with van der Waals surface area (Å²) in [6.45, 7) is 2.10. The summed E-state index contributed by atoms with van der Waals surface area (Å²) in [5, 5.41) is 3.96. The van der Waals surface area contributed by atoms with E-state index in [1.54, 1.807) is 32.4 Å². The van der Waals surface area contributed by atoms with Crippen molar-refractivity contribution in [2.24, 2.45) is 0 Å². The summed E-state index contributed by atoms with van der Waals surface area (Å²) in [5.41, 5.74) is 1.80. The van der Waals surface area contributed by atoms with Crippen LogP contribution in [0.15, 0.2) is 42.5 Å². The van der Waals surface area contributed by atoms with Gasteiger partial charge >= 0.3 is 0 Å². The van der Waals surface area contributed by atoms with E-state index in [1.165, 1.54) is 0 Å². The Balaban J connectivity index is 1.86. The molecule has 1 amide bonds. The van der Waals surface area contributed by atoms with Crippen molar-refractivity contribution in [2.75, 3.05) is 33.9 Å². The zero-order chi connectivity index (χ0) is 18.5. The molecule has 26 heavy (non-hydrogen) atoms. The van der Waals surface area contributed by atoms with Crippen LogP contribution in [0, 0.1) is 0 Å². The van der Waals surface area contributed by atoms with Crippen molar-refractivity contribution >= 4 is 17.5 Å². The summed E-state index contributed by atoms with van der Waals surface area (Å²) >= 11 is 6.10. The first-order chi connectivity index (χ1) is 12.6. The van der Waals surface area contributed by atoms with Crippen molar-refractivity contribution < 1.29 is 14.3 Å². The Labute approximate surface area is 158 Å². The number of hydrogen-bond donors (Lipinski definition) is 1. The second-order valence-electron chi connectivity index (χ2n) is 6.18. The van der Waals surface area contributed by atoms with Crippen LogP contribution in [0.4, 0.5) is 0 Å². The number of ether oxygens (including phenoxy) is 2. The van der Waals surface area contributed by atoms with Crippen molar-refractivity contribution in [1.29, 1.82) is 0 Å². The minimum absolute atomic E-state index is 0.0444. The average molecular weight is 375 g/mol. The molecule has 138 valence electrons. The van der Waals surface area contributed by atoms with Crippen LogP contribution in [0.2, 0.25) is 5.02 Å². The molecule has 0 aromatic heterocycles. The molecule has 1 unspecified atom stereocenters. The third-order valence-electron chi connectivity index (χ3n) is 4.65. The number of nitrogens with zero attached hydrogens (tertiary/aromatic N) is 1. The number of nitrogens with one attached hydrogen (secondary N) is 1. The van der Waals surface area contributed by atoms with E-state index in [1.807, 2.05) is 29.2 Å². The van der Waals surface area contributed by atoms with Crippen LogP contribution in [-0.4, -0.2) is 44.7 Å². The zero-order valence-corrected chi connectivity index (χ0v) is 15.8. The first-order valence-electron chi connectivity index (χ1n) is 8.59. The monoisotopic (exact) mass is 374 g/mol. The minimum Gasteiger partial charge on any atom is -0.496 e. The van der Waals surface area contributed by atoms with E-state index in [9.17, 15) is 4.79 Å². The Morgan fingerprint density at radius 3 is 2.73 bits per heavy atom. The number of para-hydroxylation sites is 1. The molecule has 2 aromatic rings. The van der Waals surface area contributed by atoms with Crippen molar-refractivity contribution in [2.45, 2.75) is 12.5 Å². The number of benzene rings is 2. The van der Waals surface area contributed by atoms with Crippen molar-refractivity contribution in [3.63, 3.8) is 0 Å². The lowest BCUT2D eigenvalue weighted by Gasteiger charge is -2.37. The van der Waals surface area contributed by atoms with Crippen molar-refractivity contribution in [1.82, 2.24) is 10.2 Å². The maximum atomic E-state index is 13.1.